The number of nitrogens with zero attached hydrogens (tertiary/aromatic N) is 5. The third kappa shape index (κ3) is 5.36. The molecule has 0 aliphatic heterocycles. The fourth-order valence-electron chi connectivity index (χ4n) is 3.10. The normalized spacial score (nSPS) is 11.0. The molecule has 0 aliphatic rings. The van der Waals surface area contributed by atoms with Crippen molar-refractivity contribution in [2.45, 2.75) is 25.5 Å². The molecule has 9 heteroatoms. The van der Waals surface area contributed by atoms with E-state index >= 15 is 0 Å². The van der Waals surface area contributed by atoms with Gasteiger partial charge in [-0.1, -0.05) is 23.4 Å². The predicted octanol–water partition coefficient (Wildman–Crippen LogP) is 4.79. The lowest BCUT2D eigenvalue weighted by Crippen LogP contribution is -2.27. The number of carbonyl (C=O) groups is 1. The fraction of sp³-hybridized carbons (Fsp3) is 0.381. The largest absolute Gasteiger partial charge is 0.372 e. The molecule has 0 bridgehead atoms. The first-order valence-electron chi connectivity index (χ1n) is 9.78. The van der Waals surface area contributed by atoms with Crippen molar-refractivity contribution in [1.29, 1.82) is 0 Å². The monoisotopic (exact) mass is 463 g/mol. The van der Waals surface area contributed by atoms with Crippen molar-refractivity contribution in [3.8, 4) is 11.4 Å². The number of thioether (sulfide) groups is 1. The SMILES string of the molecule is CCN(CC)c1ccc(-c2nnc(SCC(=O)N(C)Cc3ccc(Cl)s3)n2C)cc1. The zero-order chi connectivity index (χ0) is 21.7. The van der Waals surface area contributed by atoms with Crippen molar-refractivity contribution in [3.63, 3.8) is 0 Å². The van der Waals surface area contributed by atoms with Crippen molar-refractivity contribution >= 4 is 46.3 Å². The molecule has 0 N–H and O–H groups in total. The van der Waals surface area contributed by atoms with Gasteiger partial charge in [0.15, 0.2) is 11.0 Å². The highest BCUT2D eigenvalue weighted by Crippen LogP contribution is 2.26. The van der Waals surface area contributed by atoms with E-state index in [2.05, 4.69) is 53.2 Å². The number of amides is 1. The molecule has 0 fully saturated rings. The van der Waals surface area contributed by atoms with Crippen molar-refractivity contribution in [3.05, 3.63) is 45.6 Å². The van der Waals surface area contributed by atoms with Crippen LogP contribution in [-0.4, -0.2) is 51.5 Å². The van der Waals surface area contributed by atoms with Crippen molar-refractivity contribution < 1.29 is 4.79 Å². The number of benzene rings is 1. The van der Waals surface area contributed by atoms with Crippen LogP contribution in [0.2, 0.25) is 4.34 Å². The molecular formula is C21H26ClN5OS2. The van der Waals surface area contributed by atoms with Gasteiger partial charge in [-0.2, -0.15) is 0 Å². The van der Waals surface area contributed by atoms with Crippen LogP contribution in [0.1, 0.15) is 18.7 Å². The lowest BCUT2D eigenvalue weighted by atomic mass is 10.2. The summed E-state index contributed by atoms with van der Waals surface area (Å²) in [4.78, 5) is 17.6. The van der Waals surface area contributed by atoms with Gasteiger partial charge >= 0.3 is 0 Å². The fourth-order valence-corrected chi connectivity index (χ4v) is 5.09. The van der Waals surface area contributed by atoms with Crippen LogP contribution in [-0.2, 0) is 18.4 Å². The van der Waals surface area contributed by atoms with E-state index < -0.39 is 0 Å². The minimum atomic E-state index is 0.0395. The van der Waals surface area contributed by atoms with Gasteiger partial charge in [0, 0.05) is 43.3 Å². The number of hydrogen-bond donors (Lipinski definition) is 0. The summed E-state index contributed by atoms with van der Waals surface area (Å²) in [7, 11) is 3.73. The first kappa shape index (κ1) is 22.7. The maximum absolute atomic E-state index is 12.5. The standard InChI is InChI=1S/C21H26ClN5OS2/c1-5-27(6-2)16-9-7-15(8-10-16)20-23-24-21(26(20)4)29-14-19(28)25(3)13-17-11-12-18(22)30-17/h7-12H,5-6,13-14H2,1-4H3. The van der Waals surface area contributed by atoms with E-state index in [0.717, 1.165) is 38.8 Å². The highest BCUT2D eigenvalue weighted by atomic mass is 35.5. The Balaban J connectivity index is 1.61. The Kier molecular flexibility index (Phi) is 7.80. The second kappa shape index (κ2) is 10.3. The second-order valence-corrected chi connectivity index (χ2v) is 9.57. The maximum atomic E-state index is 12.5. The Bertz CT molecular complexity index is 982. The zero-order valence-corrected chi connectivity index (χ0v) is 20.0. The summed E-state index contributed by atoms with van der Waals surface area (Å²) >= 11 is 8.85. The summed E-state index contributed by atoms with van der Waals surface area (Å²) in [5.41, 5.74) is 2.20. The second-order valence-electron chi connectivity index (χ2n) is 6.83. The van der Waals surface area contributed by atoms with Crippen LogP contribution in [0.3, 0.4) is 0 Å². The number of anilines is 1. The average Bonchev–Trinajstić information content (AvgIpc) is 3.32. The molecule has 6 nitrogen and oxygen atoms in total. The molecule has 0 saturated heterocycles. The smallest absolute Gasteiger partial charge is 0.233 e. The van der Waals surface area contributed by atoms with Crippen molar-refractivity contribution in [2.24, 2.45) is 7.05 Å². The van der Waals surface area contributed by atoms with E-state index in [1.807, 2.05) is 23.7 Å². The maximum Gasteiger partial charge on any atom is 0.233 e. The third-order valence-electron chi connectivity index (χ3n) is 4.86. The average molecular weight is 464 g/mol. The van der Waals surface area contributed by atoms with Gasteiger partial charge in [0.25, 0.3) is 0 Å². The molecule has 0 spiro atoms. The zero-order valence-electron chi connectivity index (χ0n) is 17.6. The van der Waals surface area contributed by atoms with E-state index in [0.29, 0.717) is 12.3 Å². The summed E-state index contributed by atoms with van der Waals surface area (Å²) in [6, 6.07) is 12.2. The number of carbonyl (C=O) groups excluding carboxylic acids is 1. The van der Waals surface area contributed by atoms with Gasteiger partial charge in [0.1, 0.15) is 0 Å². The van der Waals surface area contributed by atoms with Crippen LogP contribution in [0.4, 0.5) is 5.69 Å². The minimum absolute atomic E-state index is 0.0395. The van der Waals surface area contributed by atoms with Gasteiger partial charge in [0.2, 0.25) is 5.91 Å². The van der Waals surface area contributed by atoms with Crippen LogP contribution in [0.5, 0.6) is 0 Å². The summed E-state index contributed by atoms with van der Waals surface area (Å²) < 4.78 is 2.67. The molecular weight excluding hydrogens is 438 g/mol. The molecule has 160 valence electrons. The molecule has 2 aromatic heterocycles. The van der Waals surface area contributed by atoms with E-state index in [-0.39, 0.29) is 5.91 Å². The van der Waals surface area contributed by atoms with Gasteiger partial charge in [0.05, 0.1) is 16.6 Å². The molecule has 1 amide bonds. The molecule has 0 atom stereocenters. The van der Waals surface area contributed by atoms with Gasteiger partial charge < -0.3 is 14.4 Å². The summed E-state index contributed by atoms with van der Waals surface area (Å²) in [5, 5.41) is 9.34. The molecule has 0 radical (unpaired) electrons. The highest BCUT2D eigenvalue weighted by molar-refractivity contribution is 7.99. The Hall–Kier alpha value is -2.03. The first-order valence-corrected chi connectivity index (χ1v) is 12.0. The van der Waals surface area contributed by atoms with E-state index in [9.17, 15) is 4.79 Å². The van der Waals surface area contributed by atoms with Gasteiger partial charge in [-0.25, -0.2) is 0 Å². The summed E-state index contributed by atoms with van der Waals surface area (Å²) in [5.74, 6) is 1.14. The van der Waals surface area contributed by atoms with E-state index in [1.54, 1.807) is 11.9 Å². The molecule has 3 rings (SSSR count). The third-order valence-corrected chi connectivity index (χ3v) is 7.08. The number of hydrogen-bond acceptors (Lipinski definition) is 6. The number of halogens is 1. The Morgan fingerprint density at radius 1 is 1.13 bits per heavy atom. The minimum Gasteiger partial charge on any atom is -0.372 e. The molecule has 0 saturated carbocycles. The quantitative estimate of drug-likeness (QED) is 0.427. The molecule has 2 heterocycles. The van der Waals surface area contributed by atoms with Gasteiger partial charge in [-0.3, -0.25) is 4.79 Å². The topological polar surface area (TPSA) is 54.3 Å². The molecule has 0 aliphatic carbocycles. The molecule has 0 unspecified atom stereocenters. The predicted molar refractivity (Wildman–Crippen MR) is 127 cm³/mol. The van der Waals surface area contributed by atoms with Crippen molar-refractivity contribution in [2.75, 3.05) is 30.8 Å². The van der Waals surface area contributed by atoms with Gasteiger partial charge in [-0.15, -0.1) is 21.5 Å². The first-order chi connectivity index (χ1) is 14.4. The van der Waals surface area contributed by atoms with E-state index in [1.165, 1.54) is 28.8 Å². The summed E-state index contributed by atoms with van der Waals surface area (Å²) in [6.45, 7) is 6.81. The molecule has 30 heavy (non-hydrogen) atoms. The van der Waals surface area contributed by atoms with Crippen LogP contribution >= 0.6 is 34.7 Å². The van der Waals surface area contributed by atoms with Crippen molar-refractivity contribution in [1.82, 2.24) is 19.7 Å². The number of thiophene rings is 1. The van der Waals surface area contributed by atoms with E-state index in [4.69, 9.17) is 11.6 Å². The molecule has 1 aromatic carbocycles. The lowest BCUT2D eigenvalue weighted by Gasteiger charge is -2.21. The molecule has 3 aromatic rings. The number of aromatic nitrogens is 3. The van der Waals surface area contributed by atoms with Crippen LogP contribution < -0.4 is 4.90 Å². The Morgan fingerprint density at radius 3 is 2.43 bits per heavy atom. The summed E-state index contributed by atoms with van der Waals surface area (Å²) in [6.07, 6.45) is 0. The highest BCUT2D eigenvalue weighted by Gasteiger charge is 2.16. The van der Waals surface area contributed by atoms with Crippen LogP contribution in [0.25, 0.3) is 11.4 Å². The van der Waals surface area contributed by atoms with Gasteiger partial charge in [-0.05, 0) is 50.2 Å². The van der Waals surface area contributed by atoms with Crippen LogP contribution in [0, 0.1) is 0 Å². The Morgan fingerprint density at radius 2 is 1.83 bits per heavy atom. The Labute approximate surface area is 190 Å². The van der Waals surface area contributed by atoms with Crippen LogP contribution in [0.15, 0.2) is 41.6 Å². The lowest BCUT2D eigenvalue weighted by molar-refractivity contribution is -0.127. The number of rotatable bonds is 9.